The molecule has 0 aromatic heterocycles. The van der Waals surface area contributed by atoms with Gasteiger partial charge in [-0.15, -0.1) is 0 Å². The first-order chi connectivity index (χ1) is 15.5. The monoisotopic (exact) mass is 454 g/mol. The van der Waals surface area contributed by atoms with Gasteiger partial charge in [-0.05, 0) is 67.8 Å². The Bertz CT molecular complexity index is 992. The lowest BCUT2D eigenvalue weighted by atomic mass is 9.58. The van der Waals surface area contributed by atoms with Crippen LogP contribution in [0.5, 0.6) is 0 Å². The molecule has 2 aromatic carbocycles. The third-order valence-corrected chi connectivity index (χ3v) is 8.78. The second kappa shape index (κ2) is 9.96. The minimum atomic E-state index is -3.31. The predicted molar refractivity (Wildman–Crippen MR) is 134 cm³/mol. The van der Waals surface area contributed by atoms with Gasteiger partial charge in [-0.2, -0.15) is 0 Å². The van der Waals surface area contributed by atoms with Crippen molar-refractivity contribution in [2.24, 2.45) is 11.8 Å². The largest absolute Gasteiger partial charge is 0.316 e. The third kappa shape index (κ3) is 4.74. The summed E-state index contributed by atoms with van der Waals surface area (Å²) in [6, 6.07) is 19.1. The minimum absolute atomic E-state index is 0.0934. The van der Waals surface area contributed by atoms with Crippen LogP contribution < -0.4 is 9.62 Å². The topological polar surface area (TPSA) is 49.4 Å². The molecule has 5 heteroatoms. The minimum Gasteiger partial charge on any atom is -0.316 e. The number of benzene rings is 2. The van der Waals surface area contributed by atoms with Gasteiger partial charge in [0.15, 0.2) is 0 Å². The number of hydrogen-bond acceptors (Lipinski definition) is 3. The Labute approximate surface area is 194 Å². The standard InChI is InChI=1S/C27H38N2O2S/c1-3-4-18-28-20-23(19-22-12-6-5-7-13-22)24-14-10-11-17-27(24)21-29(32(2,30)31)26-16-9-8-15-25(26)27/h5-9,12-13,15-16,23-24,28H,3-4,10-11,14,17-21H2,1-2H3. The molecular formula is C27H38N2O2S. The van der Waals surface area contributed by atoms with Crippen molar-refractivity contribution in [3.05, 3.63) is 65.7 Å². The van der Waals surface area contributed by atoms with E-state index in [1.165, 1.54) is 49.5 Å². The Kier molecular flexibility index (Phi) is 7.26. The van der Waals surface area contributed by atoms with E-state index in [1.807, 2.05) is 12.1 Å². The van der Waals surface area contributed by atoms with Crippen molar-refractivity contribution in [1.29, 1.82) is 0 Å². The molecule has 3 atom stereocenters. The Morgan fingerprint density at radius 2 is 1.84 bits per heavy atom. The van der Waals surface area contributed by atoms with Gasteiger partial charge in [0.2, 0.25) is 10.0 Å². The van der Waals surface area contributed by atoms with Crippen molar-refractivity contribution in [3.63, 3.8) is 0 Å². The van der Waals surface area contributed by atoms with Gasteiger partial charge in [0, 0.05) is 12.0 Å². The number of fused-ring (bicyclic) bond motifs is 2. The smallest absolute Gasteiger partial charge is 0.232 e. The number of sulfonamides is 1. The van der Waals surface area contributed by atoms with Crippen LogP contribution in [0.25, 0.3) is 0 Å². The summed E-state index contributed by atoms with van der Waals surface area (Å²) >= 11 is 0. The molecule has 1 saturated carbocycles. The first-order valence-electron chi connectivity index (χ1n) is 12.3. The molecule has 0 amide bonds. The first kappa shape index (κ1) is 23.3. The van der Waals surface area contributed by atoms with Gasteiger partial charge >= 0.3 is 0 Å². The lowest BCUT2D eigenvalue weighted by Gasteiger charge is -2.46. The van der Waals surface area contributed by atoms with E-state index in [0.717, 1.165) is 31.6 Å². The average molecular weight is 455 g/mol. The van der Waals surface area contributed by atoms with Crippen LogP contribution in [-0.2, 0) is 21.9 Å². The molecular weight excluding hydrogens is 416 g/mol. The highest BCUT2D eigenvalue weighted by molar-refractivity contribution is 7.92. The summed E-state index contributed by atoms with van der Waals surface area (Å²) in [5.41, 5.74) is 3.44. The maximum atomic E-state index is 12.7. The van der Waals surface area contributed by atoms with Crippen molar-refractivity contribution in [1.82, 2.24) is 5.32 Å². The molecule has 2 aliphatic rings. The fourth-order valence-electron chi connectivity index (χ4n) is 6.18. The molecule has 1 aliphatic heterocycles. The van der Waals surface area contributed by atoms with Gasteiger partial charge in [-0.1, -0.05) is 74.7 Å². The molecule has 0 radical (unpaired) electrons. The van der Waals surface area contributed by atoms with Gasteiger partial charge in [-0.25, -0.2) is 8.42 Å². The van der Waals surface area contributed by atoms with Gasteiger partial charge in [0.25, 0.3) is 0 Å². The highest BCUT2D eigenvalue weighted by atomic mass is 32.2. The number of para-hydroxylation sites is 1. The van der Waals surface area contributed by atoms with Crippen molar-refractivity contribution >= 4 is 15.7 Å². The summed E-state index contributed by atoms with van der Waals surface area (Å²) in [7, 11) is -3.31. The molecule has 2 aromatic rings. The highest BCUT2D eigenvalue weighted by Gasteiger charge is 2.52. The SMILES string of the molecule is CCCCNCC(Cc1ccccc1)C1CCCCC12CN(S(C)(=O)=O)c1ccccc12. The Hall–Kier alpha value is -1.85. The van der Waals surface area contributed by atoms with Crippen LogP contribution in [0.3, 0.4) is 0 Å². The molecule has 4 rings (SSSR count). The van der Waals surface area contributed by atoms with Crippen LogP contribution in [0.4, 0.5) is 5.69 Å². The van der Waals surface area contributed by atoms with Gasteiger partial charge < -0.3 is 5.32 Å². The maximum absolute atomic E-state index is 12.7. The van der Waals surface area contributed by atoms with E-state index in [-0.39, 0.29) is 5.41 Å². The highest BCUT2D eigenvalue weighted by Crippen LogP contribution is 2.55. The quantitative estimate of drug-likeness (QED) is 0.534. The Balaban J connectivity index is 1.71. The van der Waals surface area contributed by atoms with Gasteiger partial charge in [-0.3, -0.25) is 4.31 Å². The summed E-state index contributed by atoms with van der Waals surface area (Å²) in [5.74, 6) is 0.931. The molecule has 1 fully saturated rings. The number of nitrogens with zero attached hydrogens (tertiary/aromatic N) is 1. The number of anilines is 1. The molecule has 174 valence electrons. The molecule has 1 aliphatic carbocycles. The van der Waals surface area contributed by atoms with E-state index < -0.39 is 10.0 Å². The van der Waals surface area contributed by atoms with Crippen molar-refractivity contribution in [2.45, 2.75) is 57.3 Å². The summed E-state index contributed by atoms with van der Waals surface area (Å²) in [6.45, 7) is 4.86. The van der Waals surface area contributed by atoms with Crippen molar-refractivity contribution in [2.75, 3.05) is 30.2 Å². The molecule has 1 heterocycles. The number of nitrogens with one attached hydrogen (secondary N) is 1. The molecule has 1 N–H and O–H groups in total. The average Bonchev–Trinajstić information content (AvgIpc) is 3.12. The number of rotatable bonds is 9. The van der Waals surface area contributed by atoms with Gasteiger partial charge in [0.05, 0.1) is 11.9 Å². The van der Waals surface area contributed by atoms with Crippen molar-refractivity contribution in [3.8, 4) is 0 Å². The van der Waals surface area contributed by atoms with Crippen molar-refractivity contribution < 1.29 is 8.42 Å². The van der Waals surface area contributed by atoms with Crippen LogP contribution in [0, 0.1) is 11.8 Å². The van der Waals surface area contributed by atoms with Crippen LogP contribution in [-0.4, -0.2) is 34.3 Å². The molecule has 1 spiro atoms. The third-order valence-electron chi connectivity index (χ3n) is 7.66. The second-order valence-corrected chi connectivity index (χ2v) is 11.7. The second-order valence-electron chi connectivity index (χ2n) is 9.80. The van der Waals surface area contributed by atoms with Crippen LogP contribution >= 0.6 is 0 Å². The normalized spacial score (nSPS) is 23.9. The van der Waals surface area contributed by atoms with E-state index in [4.69, 9.17) is 0 Å². The molecule has 3 unspecified atom stereocenters. The molecule has 32 heavy (non-hydrogen) atoms. The lowest BCUT2D eigenvalue weighted by molar-refractivity contribution is 0.130. The summed E-state index contributed by atoms with van der Waals surface area (Å²) in [6.07, 6.45) is 9.41. The summed E-state index contributed by atoms with van der Waals surface area (Å²) < 4.78 is 27.2. The molecule has 0 bridgehead atoms. The van der Waals surface area contributed by atoms with E-state index in [2.05, 4.69) is 54.7 Å². The van der Waals surface area contributed by atoms with Crippen LogP contribution in [0.15, 0.2) is 54.6 Å². The number of hydrogen-bond donors (Lipinski definition) is 1. The Morgan fingerprint density at radius 1 is 1.09 bits per heavy atom. The van der Waals surface area contributed by atoms with Gasteiger partial charge in [0.1, 0.15) is 0 Å². The van der Waals surface area contributed by atoms with E-state index >= 15 is 0 Å². The maximum Gasteiger partial charge on any atom is 0.232 e. The zero-order chi connectivity index (χ0) is 22.6. The molecule has 0 saturated heterocycles. The lowest BCUT2D eigenvalue weighted by Crippen LogP contribution is -2.48. The van der Waals surface area contributed by atoms with E-state index in [1.54, 1.807) is 4.31 Å². The van der Waals surface area contributed by atoms with Crippen LogP contribution in [0.1, 0.15) is 56.6 Å². The first-order valence-corrected chi connectivity index (χ1v) is 14.1. The summed E-state index contributed by atoms with van der Waals surface area (Å²) in [5, 5.41) is 3.74. The summed E-state index contributed by atoms with van der Waals surface area (Å²) in [4.78, 5) is 0. The zero-order valence-electron chi connectivity index (χ0n) is 19.6. The van der Waals surface area contributed by atoms with Crippen LogP contribution in [0.2, 0.25) is 0 Å². The van der Waals surface area contributed by atoms with E-state index in [0.29, 0.717) is 18.4 Å². The number of unbranched alkanes of at least 4 members (excludes halogenated alkanes) is 1. The fraction of sp³-hybridized carbons (Fsp3) is 0.556. The fourth-order valence-corrected chi connectivity index (χ4v) is 7.16. The zero-order valence-corrected chi connectivity index (χ0v) is 20.4. The Morgan fingerprint density at radius 3 is 2.59 bits per heavy atom. The predicted octanol–water partition coefficient (Wildman–Crippen LogP) is 5.14. The molecule has 4 nitrogen and oxygen atoms in total. The van der Waals surface area contributed by atoms with E-state index in [9.17, 15) is 8.42 Å².